The molecule has 0 unspecified atom stereocenters. The second-order valence-corrected chi connectivity index (χ2v) is 3.07. The highest BCUT2D eigenvalue weighted by molar-refractivity contribution is 5.67. The van der Waals surface area contributed by atoms with Gasteiger partial charge in [-0.2, -0.15) is 0 Å². The third-order valence-electron chi connectivity index (χ3n) is 1.58. The minimum atomic E-state index is -0.706. The SMILES string of the molecule is CN(C)C=Nc1c(F)cccc1[N+](=O)[O-]. The summed E-state index contributed by atoms with van der Waals surface area (Å²) in [5.41, 5.74) is -0.593. The monoisotopic (exact) mass is 211 g/mol. The van der Waals surface area contributed by atoms with Crippen LogP contribution >= 0.6 is 0 Å². The lowest BCUT2D eigenvalue weighted by molar-refractivity contribution is -0.384. The molecule has 0 saturated carbocycles. The number of nitro benzene ring substituents is 1. The molecule has 0 aromatic heterocycles. The largest absolute Gasteiger partial charge is 0.369 e. The van der Waals surface area contributed by atoms with Crippen molar-refractivity contribution in [3.63, 3.8) is 0 Å². The summed E-state index contributed by atoms with van der Waals surface area (Å²) in [4.78, 5) is 15.2. The van der Waals surface area contributed by atoms with Crippen LogP contribution in [0.1, 0.15) is 0 Å². The van der Waals surface area contributed by atoms with Gasteiger partial charge in [0.1, 0.15) is 0 Å². The molecule has 0 bridgehead atoms. The molecular weight excluding hydrogens is 201 g/mol. The van der Waals surface area contributed by atoms with E-state index in [0.717, 1.165) is 6.07 Å². The van der Waals surface area contributed by atoms with Crippen LogP contribution in [0, 0.1) is 15.9 Å². The van der Waals surface area contributed by atoms with Crippen LogP contribution in [0.15, 0.2) is 23.2 Å². The van der Waals surface area contributed by atoms with Crippen molar-refractivity contribution in [2.45, 2.75) is 0 Å². The number of para-hydroxylation sites is 1. The third kappa shape index (κ3) is 2.73. The molecule has 6 heteroatoms. The van der Waals surface area contributed by atoms with Gasteiger partial charge >= 0.3 is 0 Å². The van der Waals surface area contributed by atoms with Crippen LogP contribution in [0.5, 0.6) is 0 Å². The van der Waals surface area contributed by atoms with Gasteiger partial charge in [-0.3, -0.25) is 10.1 Å². The van der Waals surface area contributed by atoms with E-state index in [1.54, 1.807) is 19.0 Å². The molecule has 0 saturated heterocycles. The average molecular weight is 211 g/mol. The molecule has 15 heavy (non-hydrogen) atoms. The predicted octanol–water partition coefficient (Wildman–Crippen LogP) is 1.96. The van der Waals surface area contributed by atoms with Crippen LogP contribution < -0.4 is 0 Å². The Morgan fingerprint density at radius 2 is 2.20 bits per heavy atom. The average Bonchev–Trinajstić information content (AvgIpc) is 2.15. The van der Waals surface area contributed by atoms with E-state index >= 15 is 0 Å². The molecule has 0 atom stereocenters. The van der Waals surface area contributed by atoms with Crippen LogP contribution in [0.4, 0.5) is 15.8 Å². The van der Waals surface area contributed by atoms with Crippen LogP contribution in [-0.2, 0) is 0 Å². The molecule has 0 fully saturated rings. The molecule has 0 spiro atoms. The molecule has 5 nitrogen and oxygen atoms in total. The van der Waals surface area contributed by atoms with E-state index in [2.05, 4.69) is 4.99 Å². The first-order valence-electron chi connectivity index (χ1n) is 4.16. The zero-order valence-electron chi connectivity index (χ0n) is 8.35. The van der Waals surface area contributed by atoms with E-state index in [9.17, 15) is 14.5 Å². The summed E-state index contributed by atoms with van der Waals surface area (Å²) >= 11 is 0. The minimum absolute atomic E-state index is 0.254. The van der Waals surface area contributed by atoms with E-state index in [1.165, 1.54) is 18.5 Å². The number of rotatable bonds is 3. The van der Waals surface area contributed by atoms with Crippen molar-refractivity contribution in [2.75, 3.05) is 14.1 Å². The number of aliphatic imine (C=N–C) groups is 1. The third-order valence-corrected chi connectivity index (χ3v) is 1.58. The second-order valence-electron chi connectivity index (χ2n) is 3.07. The van der Waals surface area contributed by atoms with Gasteiger partial charge in [-0.1, -0.05) is 6.07 Å². The van der Waals surface area contributed by atoms with Crippen LogP contribution in [-0.4, -0.2) is 30.3 Å². The maximum atomic E-state index is 13.2. The van der Waals surface area contributed by atoms with Gasteiger partial charge in [0.05, 0.1) is 11.3 Å². The summed E-state index contributed by atoms with van der Waals surface area (Å²) < 4.78 is 13.2. The van der Waals surface area contributed by atoms with Crippen molar-refractivity contribution in [1.29, 1.82) is 0 Å². The molecule has 0 heterocycles. The first-order chi connectivity index (χ1) is 7.02. The summed E-state index contributed by atoms with van der Waals surface area (Å²) in [7, 11) is 3.38. The molecule has 1 rings (SSSR count). The summed E-state index contributed by atoms with van der Waals surface area (Å²) in [5.74, 6) is -0.706. The maximum absolute atomic E-state index is 13.2. The van der Waals surface area contributed by atoms with Gasteiger partial charge in [0.25, 0.3) is 5.69 Å². The molecule has 0 aliphatic rings. The van der Waals surface area contributed by atoms with Crippen molar-refractivity contribution in [1.82, 2.24) is 4.90 Å². The molecule has 0 N–H and O–H groups in total. The summed E-state index contributed by atoms with van der Waals surface area (Å²) in [6.45, 7) is 0. The standard InChI is InChI=1S/C9H10FN3O2/c1-12(2)6-11-9-7(10)4-3-5-8(9)13(14)15/h3-6H,1-2H3. The van der Waals surface area contributed by atoms with E-state index < -0.39 is 10.7 Å². The number of halogens is 1. The lowest BCUT2D eigenvalue weighted by Gasteiger charge is -2.03. The van der Waals surface area contributed by atoms with Gasteiger partial charge in [-0.05, 0) is 6.07 Å². The van der Waals surface area contributed by atoms with Crippen molar-refractivity contribution in [3.8, 4) is 0 Å². The highest BCUT2D eigenvalue weighted by Crippen LogP contribution is 2.29. The second kappa shape index (κ2) is 4.50. The fourth-order valence-corrected chi connectivity index (χ4v) is 0.952. The number of nitrogens with zero attached hydrogens (tertiary/aromatic N) is 3. The Morgan fingerprint density at radius 1 is 1.53 bits per heavy atom. The Balaban J connectivity index is 3.19. The maximum Gasteiger partial charge on any atom is 0.297 e. The van der Waals surface area contributed by atoms with Crippen LogP contribution in [0.2, 0.25) is 0 Å². The number of hydrogen-bond donors (Lipinski definition) is 0. The number of hydrogen-bond acceptors (Lipinski definition) is 3. The minimum Gasteiger partial charge on any atom is -0.369 e. The molecule has 80 valence electrons. The molecule has 0 aliphatic carbocycles. The molecule has 1 aromatic rings. The highest BCUT2D eigenvalue weighted by Gasteiger charge is 2.16. The van der Waals surface area contributed by atoms with E-state index in [4.69, 9.17) is 0 Å². The first kappa shape index (κ1) is 11.1. The van der Waals surface area contributed by atoms with Gasteiger partial charge in [0.2, 0.25) is 0 Å². The predicted molar refractivity (Wildman–Crippen MR) is 54.9 cm³/mol. The quantitative estimate of drug-likeness (QED) is 0.332. The van der Waals surface area contributed by atoms with Crippen LogP contribution in [0.3, 0.4) is 0 Å². The van der Waals surface area contributed by atoms with Gasteiger partial charge in [0.15, 0.2) is 11.5 Å². The fraction of sp³-hybridized carbons (Fsp3) is 0.222. The summed E-state index contributed by atoms with van der Waals surface area (Å²) in [6.07, 6.45) is 1.31. The Labute approximate surface area is 86.0 Å². The Morgan fingerprint density at radius 3 is 2.73 bits per heavy atom. The van der Waals surface area contributed by atoms with Gasteiger partial charge in [0, 0.05) is 20.2 Å². The highest BCUT2D eigenvalue weighted by atomic mass is 19.1. The summed E-state index contributed by atoms with van der Waals surface area (Å²) in [5, 5.41) is 10.6. The molecule has 0 radical (unpaired) electrons. The Bertz CT molecular complexity index is 404. The molecular formula is C9H10FN3O2. The van der Waals surface area contributed by atoms with Crippen LogP contribution in [0.25, 0.3) is 0 Å². The van der Waals surface area contributed by atoms with E-state index in [-0.39, 0.29) is 11.4 Å². The number of nitro groups is 1. The summed E-state index contributed by atoms with van der Waals surface area (Å²) in [6, 6.07) is 3.63. The van der Waals surface area contributed by atoms with Crippen molar-refractivity contribution >= 4 is 17.7 Å². The van der Waals surface area contributed by atoms with Gasteiger partial charge < -0.3 is 4.90 Å². The molecule has 0 aliphatic heterocycles. The van der Waals surface area contributed by atoms with Gasteiger partial charge in [-0.15, -0.1) is 0 Å². The number of benzene rings is 1. The zero-order valence-corrected chi connectivity index (χ0v) is 8.35. The van der Waals surface area contributed by atoms with Gasteiger partial charge in [-0.25, -0.2) is 9.38 Å². The normalized spacial score (nSPS) is 10.6. The Hall–Kier alpha value is -1.98. The lowest BCUT2D eigenvalue weighted by Crippen LogP contribution is -2.07. The van der Waals surface area contributed by atoms with E-state index in [0.29, 0.717) is 0 Å². The lowest BCUT2D eigenvalue weighted by atomic mass is 10.2. The first-order valence-corrected chi connectivity index (χ1v) is 4.16. The van der Waals surface area contributed by atoms with Crippen molar-refractivity contribution in [2.24, 2.45) is 4.99 Å². The molecule has 0 amide bonds. The Kier molecular flexibility index (Phi) is 3.33. The topological polar surface area (TPSA) is 58.7 Å². The molecule has 1 aromatic carbocycles. The fourth-order valence-electron chi connectivity index (χ4n) is 0.952. The van der Waals surface area contributed by atoms with Crippen molar-refractivity contribution in [3.05, 3.63) is 34.1 Å². The smallest absolute Gasteiger partial charge is 0.297 e. The van der Waals surface area contributed by atoms with E-state index in [1.807, 2.05) is 0 Å². The zero-order chi connectivity index (χ0) is 11.4. The van der Waals surface area contributed by atoms with Crippen molar-refractivity contribution < 1.29 is 9.31 Å².